The number of carbonyl (C=O) groups is 3. The fraction of sp³-hybridized carbons (Fsp3) is 0.192. The van der Waals surface area contributed by atoms with Gasteiger partial charge in [-0.3, -0.25) is 14.4 Å². The molecular formula is C26H22O6. The molecule has 4 rings (SSSR count). The molecule has 2 N–H and O–H groups in total. The molecule has 6 nitrogen and oxygen atoms in total. The van der Waals surface area contributed by atoms with Gasteiger partial charge in [0.1, 0.15) is 11.5 Å². The second-order valence-electron chi connectivity index (χ2n) is 7.64. The van der Waals surface area contributed by atoms with Crippen LogP contribution in [0.15, 0.2) is 66.7 Å². The molecule has 1 aliphatic rings. The van der Waals surface area contributed by atoms with E-state index in [0.29, 0.717) is 16.7 Å². The van der Waals surface area contributed by atoms with Gasteiger partial charge in [0.2, 0.25) is 5.78 Å². The van der Waals surface area contributed by atoms with Crippen LogP contribution in [-0.4, -0.2) is 34.4 Å². The van der Waals surface area contributed by atoms with Gasteiger partial charge in [-0.25, -0.2) is 0 Å². The smallest absolute Gasteiger partial charge is 0.310 e. The second-order valence-corrected chi connectivity index (χ2v) is 7.64. The summed E-state index contributed by atoms with van der Waals surface area (Å²) < 4.78 is 5.31. The van der Waals surface area contributed by atoms with E-state index in [0.717, 1.165) is 0 Å². The van der Waals surface area contributed by atoms with Crippen LogP contribution in [0.2, 0.25) is 0 Å². The van der Waals surface area contributed by atoms with E-state index in [1.54, 1.807) is 61.5 Å². The fourth-order valence-electron chi connectivity index (χ4n) is 4.38. The fourth-order valence-corrected chi connectivity index (χ4v) is 4.38. The van der Waals surface area contributed by atoms with Gasteiger partial charge in [0.05, 0.1) is 23.7 Å². The quantitative estimate of drug-likeness (QED) is 0.448. The van der Waals surface area contributed by atoms with Crippen LogP contribution in [0.5, 0.6) is 11.5 Å². The molecule has 0 radical (unpaired) electrons. The molecular weight excluding hydrogens is 408 g/mol. The van der Waals surface area contributed by atoms with Crippen molar-refractivity contribution in [1.82, 2.24) is 0 Å². The van der Waals surface area contributed by atoms with E-state index >= 15 is 0 Å². The van der Waals surface area contributed by atoms with E-state index in [9.17, 15) is 24.6 Å². The Balaban J connectivity index is 1.89. The molecule has 6 heteroatoms. The van der Waals surface area contributed by atoms with E-state index in [1.165, 1.54) is 12.1 Å². The molecule has 1 aliphatic carbocycles. The number of esters is 1. The number of ketones is 2. The predicted octanol–water partition coefficient (Wildman–Crippen LogP) is 4.23. The lowest BCUT2D eigenvalue weighted by atomic mass is 9.69. The summed E-state index contributed by atoms with van der Waals surface area (Å²) in [4.78, 5) is 39.3. The molecule has 0 heterocycles. The number of fused-ring (bicyclic) bond motifs is 2. The highest BCUT2D eigenvalue weighted by atomic mass is 16.5. The highest BCUT2D eigenvalue weighted by Crippen LogP contribution is 2.47. The van der Waals surface area contributed by atoms with Gasteiger partial charge in [-0.2, -0.15) is 0 Å². The average molecular weight is 430 g/mol. The Morgan fingerprint density at radius 2 is 1.44 bits per heavy atom. The van der Waals surface area contributed by atoms with Crippen molar-refractivity contribution < 1.29 is 29.3 Å². The topological polar surface area (TPSA) is 101 Å². The molecule has 0 spiro atoms. The number of carbonyl (C=O) groups excluding carboxylic acids is 3. The van der Waals surface area contributed by atoms with Crippen molar-refractivity contribution in [3.05, 3.63) is 94.5 Å². The van der Waals surface area contributed by atoms with Crippen LogP contribution in [0.1, 0.15) is 56.7 Å². The highest BCUT2D eigenvalue weighted by molar-refractivity contribution is 6.16. The minimum absolute atomic E-state index is 0.0213. The number of phenolic OH excluding ortho intramolecular Hbond substituents is 2. The molecule has 162 valence electrons. The molecule has 3 aromatic carbocycles. The minimum Gasteiger partial charge on any atom is -0.507 e. The van der Waals surface area contributed by atoms with Gasteiger partial charge >= 0.3 is 5.97 Å². The zero-order valence-corrected chi connectivity index (χ0v) is 17.4. The molecule has 1 atom stereocenters. The summed E-state index contributed by atoms with van der Waals surface area (Å²) in [5, 5.41) is 20.9. The molecule has 0 saturated carbocycles. The molecule has 32 heavy (non-hydrogen) atoms. The van der Waals surface area contributed by atoms with Gasteiger partial charge in [-0.15, -0.1) is 0 Å². The van der Waals surface area contributed by atoms with Crippen LogP contribution in [0.3, 0.4) is 0 Å². The van der Waals surface area contributed by atoms with Crippen LogP contribution in [0.4, 0.5) is 0 Å². The molecule has 0 aliphatic heterocycles. The van der Waals surface area contributed by atoms with Gasteiger partial charge in [-0.05, 0) is 30.2 Å². The summed E-state index contributed by atoms with van der Waals surface area (Å²) in [5.41, 5.74) is 1.35. The largest absolute Gasteiger partial charge is 0.507 e. The molecule has 0 aromatic heterocycles. The van der Waals surface area contributed by atoms with Gasteiger partial charge in [0, 0.05) is 17.9 Å². The minimum atomic E-state index is -0.961. The van der Waals surface area contributed by atoms with Crippen LogP contribution in [0, 0.1) is 5.92 Å². The highest BCUT2D eigenvalue weighted by Gasteiger charge is 2.42. The number of benzene rings is 3. The maximum Gasteiger partial charge on any atom is 0.310 e. The van der Waals surface area contributed by atoms with Crippen LogP contribution in [0.25, 0.3) is 0 Å². The van der Waals surface area contributed by atoms with Crippen LogP contribution in [-0.2, 0) is 9.53 Å². The number of phenols is 2. The number of ether oxygens (including phenoxy) is 1. The van der Waals surface area contributed by atoms with E-state index < -0.39 is 23.6 Å². The summed E-state index contributed by atoms with van der Waals surface area (Å²) in [6, 6.07) is 17.9. The monoisotopic (exact) mass is 430 g/mol. The molecule has 0 fully saturated rings. The third-order valence-electron chi connectivity index (χ3n) is 5.77. The Hall–Kier alpha value is -3.93. The summed E-state index contributed by atoms with van der Waals surface area (Å²) in [5.74, 6) is -3.57. The molecule has 0 amide bonds. The van der Waals surface area contributed by atoms with E-state index in [2.05, 4.69) is 0 Å². The third kappa shape index (κ3) is 3.64. The van der Waals surface area contributed by atoms with Crippen molar-refractivity contribution in [3.8, 4) is 11.5 Å². The molecule has 0 unspecified atom stereocenters. The van der Waals surface area contributed by atoms with Crippen molar-refractivity contribution in [2.24, 2.45) is 5.92 Å². The molecule has 3 aromatic rings. The zero-order chi connectivity index (χ0) is 22.8. The average Bonchev–Trinajstić information content (AvgIpc) is 2.79. The Labute approximate surface area is 185 Å². The second kappa shape index (κ2) is 8.67. The SMILES string of the molecule is CCOC(=O)[C@H](CC(=O)c1ccccc1)C1c2cccc(O)c2C(=O)c2c(O)cccc21. The zero-order valence-electron chi connectivity index (χ0n) is 17.4. The Kier molecular flexibility index (Phi) is 5.77. The number of aromatic hydroxyl groups is 2. The Morgan fingerprint density at radius 1 is 0.875 bits per heavy atom. The Morgan fingerprint density at radius 3 is 1.97 bits per heavy atom. The van der Waals surface area contributed by atoms with Crippen LogP contribution < -0.4 is 0 Å². The lowest BCUT2D eigenvalue weighted by Gasteiger charge is -2.32. The van der Waals surface area contributed by atoms with Crippen LogP contribution >= 0.6 is 0 Å². The van der Waals surface area contributed by atoms with Crippen molar-refractivity contribution in [2.75, 3.05) is 6.61 Å². The number of Topliss-reactive ketones (excluding diaryl/α,β-unsaturated/α-hetero) is 1. The first kappa shape index (κ1) is 21.3. The lowest BCUT2D eigenvalue weighted by Crippen LogP contribution is -2.32. The van der Waals surface area contributed by atoms with E-state index in [4.69, 9.17) is 4.74 Å². The van der Waals surface area contributed by atoms with Gasteiger partial charge in [0.25, 0.3) is 0 Å². The van der Waals surface area contributed by atoms with Gasteiger partial charge in [0.15, 0.2) is 5.78 Å². The molecule has 0 bridgehead atoms. The summed E-state index contributed by atoms with van der Waals surface area (Å²) in [7, 11) is 0. The summed E-state index contributed by atoms with van der Waals surface area (Å²) in [6.07, 6.45) is -0.161. The molecule has 0 saturated heterocycles. The Bertz CT molecular complexity index is 1140. The first-order valence-electron chi connectivity index (χ1n) is 10.4. The van der Waals surface area contributed by atoms with E-state index in [1.807, 2.05) is 0 Å². The van der Waals surface area contributed by atoms with Gasteiger partial charge in [-0.1, -0.05) is 54.6 Å². The van der Waals surface area contributed by atoms with Crippen molar-refractivity contribution in [1.29, 1.82) is 0 Å². The first-order chi connectivity index (χ1) is 15.4. The standard InChI is InChI=1S/C26H22O6/c1-2-32-26(31)18(14-21(29)15-8-4-3-5-9-15)22-16-10-6-12-19(27)23(16)25(30)24-17(22)11-7-13-20(24)28/h3-13,18,22,27-28H,2,14H2,1H3/t18-/m1/s1. The maximum absolute atomic E-state index is 13.2. The van der Waals surface area contributed by atoms with Gasteiger partial charge < -0.3 is 14.9 Å². The normalized spacial score (nSPS) is 13.7. The summed E-state index contributed by atoms with van der Waals surface area (Å²) in [6.45, 7) is 1.80. The number of rotatable bonds is 6. The lowest BCUT2D eigenvalue weighted by molar-refractivity contribution is -0.148. The van der Waals surface area contributed by atoms with E-state index in [-0.39, 0.29) is 41.4 Å². The first-order valence-corrected chi connectivity index (χ1v) is 10.4. The summed E-state index contributed by atoms with van der Waals surface area (Å²) >= 11 is 0. The number of hydrogen-bond acceptors (Lipinski definition) is 6. The number of hydrogen-bond donors (Lipinski definition) is 2. The van der Waals surface area contributed by atoms with Crippen molar-refractivity contribution in [3.63, 3.8) is 0 Å². The van der Waals surface area contributed by atoms with Crippen molar-refractivity contribution >= 4 is 17.5 Å². The van der Waals surface area contributed by atoms with Crippen molar-refractivity contribution in [2.45, 2.75) is 19.3 Å². The predicted molar refractivity (Wildman–Crippen MR) is 117 cm³/mol. The maximum atomic E-state index is 13.2. The third-order valence-corrected chi connectivity index (χ3v) is 5.77.